The molecule has 0 unspecified atom stereocenters. The standard InChI is InChI=1S/C23H19Cl2NO2/c24-20-9-10-21(25)22(13-20)28-15-16-5-7-18(8-6-16)23(27)26-12-11-17-3-1-2-4-19(17)14-26/h1-10,13H,11-12,14-15H2. The summed E-state index contributed by atoms with van der Waals surface area (Å²) in [5.74, 6) is 0.598. The van der Waals surface area contributed by atoms with Crippen molar-refractivity contribution >= 4 is 29.1 Å². The number of halogens is 2. The molecule has 1 heterocycles. The van der Waals surface area contributed by atoms with Gasteiger partial charge in [-0.2, -0.15) is 0 Å². The highest BCUT2D eigenvalue weighted by Crippen LogP contribution is 2.28. The summed E-state index contributed by atoms with van der Waals surface area (Å²) in [6, 6.07) is 20.9. The molecule has 5 heteroatoms. The van der Waals surface area contributed by atoms with Crippen LogP contribution in [-0.2, 0) is 19.6 Å². The number of nitrogens with zero attached hydrogens (tertiary/aromatic N) is 1. The van der Waals surface area contributed by atoms with Gasteiger partial charge in [-0.05, 0) is 47.4 Å². The van der Waals surface area contributed by atoms with Crippen LogP contribution in [0.5, 0.6) is 5.75 Å². The zero-order chi connectivity index (χ0) is 19.5. The number of carbonyl (C=O) groups is 1. The zero-order valence-electron chi connectivity index (χ0n) is 15.2. The molecule has 0 aromatic heterocycles. The highest BCUT2D eigenvalue weighted by atomic mass is 35.5. The van der Waals surface area contributed by atoms with Gasteiger partial charge >= 0.3 is 0 Å². The van der Waals surface area contributed by atoms with Crippen LogP contribution in [0.3, 0.4) is 0 Å². The highest BCUT2D eigenvalue weighted by molar-refractivity contribution is 6.34. The minimum absolute atomic E-state index is 0.0554. The molecule has 0 spiro atoms. The van der Waals surface area contributed by atoms with Crippen molar-refractivity contribution in [2.45, 2.75) is 19.6 Å². The van der Waals surface area contributed by atoms with Gasteiger partial charge in [0.1, 0.15) is 12.4 Å². The van der Waals surface area contributed by atoms with Gasteiger partial charge in [0.15, 0.2) is 0 Å². The Morgan fingerprint density at radius 3 is 2.50 bits per heavy atom. The number of carbonyl (C=O) groups excluding carboxylic acids is 1. The predicted molar refractivity (Wildman–Crippen MR) is 112 cm³/mol. The van der Waals surface area contributed by atoms with E-state index in [1.54, 1.807) is 18.2 Å². The maximum atomic E-state index is 12.8. The molecule has 0 N–H and O–H groups in total. The van der Waals surface area contributed by atoms with Gasteiger partial charge in [0.25, 0.3) is 5.91 Å². The van der Waals surface area contributed by atoms with Crippen LogP contribution in [0, 0.1) is 0 Å². The minimum atomic E-state index is 0.0554. The molecule has 1 aliphatic rings. The maximum Gasteiger partial charge on any atom is 0.254 e. The lowest BCUT2D eigenvalue weighted by atomic mass is 9.99. The van der Waals surface area contributed by atoms with Gasteiger partial charge in [0.05, 0.1) is 5.02 Å². The van der Waals surface area contributed by atoms with E-state index < -0.39 is 0 Å². The van der Waals surface area contributed by atoms with Crippen LogP contribution < -0.4 is 4.74 Å². The summed E-state index contributed by atoms with van der Waals surface area (Å²) in [6.45, 7) is 1.76. The summed E-state index contributed by atoms with van der Waals surface area (Å²) < 4.78 is 5.75. The molecule has 3 nitrogen and oxygen atoms in total. The van der Waals surface area contributed by atoms with Crippen molar-refractivity contribution in [3.05, 3.63) is 99.0 Å². The fourth-order valence-electron chi connectivity index (χ4n) is 3.34. The average Bonchev–Trinajstić information content (AvgIpc) is 2.74. The Bertz CT molecular complexity index is 1000. The van der Waals surface area contributed by atoms with Gasteiger partial charge in [-0.3, -0.25) is 4.79 Å². The molecule has 3 aromatic carbocycles. The highest BCUT2D eigenvalue weighted by Gasteiger charge is 2.21. The van der Waals surface area contributed by atoms with Crippen LogP contribution in [0.2, 0.25) is 10.0 Å². The number of fused-ring (bicyclic) bond motifs is 1. The molecule has 0 atom stereocenters. The topological polar surface area (TPSA) is 29.5 Å². The van der Waals surface area contributed by atoms with Gasteiger partial charge in [-0.15, -0.1) is 0 Å². The number of rotatable bonds is 4. The third kappa shape index (κ3) is 4.16. The number of hydrogen-bond donors (Lipinski definition) is 0. The lowest BCUT2D eigenvalue weighted by molar-refractivity contribution is 0.0734. The lowest BCUT2D eigenvalue weighted by Crippen LogP contribution is -2.35. The molecule has 1 aliphatic heterocycles. The molecule has 4 rings (SSSR count). The number of hydrogen-bond acceptors (Lipinski definition) is 2. The van der Waals surface area contributed by atoms with Gasteiger partial charge < -0.3 is 9.64 Å². The van der Waals surface area contributed by atoms with E-state index in [9.17, 15) is 4.79 Å². The van der Waals surface area contributed by atoms with Crippen LogP contribution in [-0.4, -0.2) is 17.4 Å². The van der Waals surface area contributed by atoms with E-state index in [0.29, 0.717) is 34.5 Å². The van der Waals surface area contributed by atoms with Crippen molar-refractivity contribution in [1.82, 2.24) is 4.90 Å². The zero-order valence-corrected chi connectivity index (χ0v) is 16.7. The Morgan fingerprint density at radius 1 is 0.964 bits per heavy atom. The second-order valence-corrected chi connectivity index (χ2v) is 7.65. The second-order valence-electron chi connectivity index (χ2n) is 6.81. The molecule has 1 amide bonds. The fraction of sp³-hybridized carbons (Fsp3) is 0.174. The first kappa shape index (κ1) is 18.9. The minimum Gasteiger partial charge on any atom is -0.487 e. The summed E-state index contributed by atoms with van der Waals surface area (Å²) in [5, 5.41) is 1.09. The fourth-order valence-corrected chi connectivity index (χ4v) is 3.68. The lowest BCUT2D eigenvalue weighted by Gasteiger charge is -2.29. The Kier molecular flexibility index (Phi) is 5.56. The van der Waals surface area contributed by atoms with Crippen molar-refractivity contribution < 1.29 is 9.53 Å². The molecule has 0 saturated carbocycles. The molecule has 0 aliphatic carbocycles. The van der Waals surface area contributed by atoms with Crippen LogP contribution in [0.25, 0.3) is 0 Å². The van der Waals surface area contributed by atoms with Crippen molar-refractivity contribution in [3.63, 3.8) is 0 Å². The van der Waals surface area contributed by atoms with Crippen molar-refractivity contribution in [1.29, 1.82) is 0 Å². The van der Waals surface area contributed by atoms with Crippen molar-refractivity contribution in [2.24, 2.45) is 0 Å². The summed E-state index contributed by atoms with van der Waals surface area (Å²) in [5.41, 5.74) is 4.20. The first-order valence-corrected chi connectivity index (χ1v) is 9.88. The van der Waals surface area contributed by atoms with Crippen LogP contribution in [0.1, 0.15) is 27.0 Å². The van der Waals surface area contributed by atoms with Gasteiger partial charge in [0.2, 0.25) is 0 Å². The van der Waals surface area contributed by atoms with E-state index in [1.807, 2.05) is 41.3 Å². The summed E-state index contributed by atoms with van der Waals surface area (Å²) in [6.07, 6.45) is 0.897. The number of amides is 1. The molecule has 0 bridgehead atoms. The third-order valence-corrected chi connectivity index (χ3v) is 5.45. The quantitative estimate of drug-likeness (QED) is 0.545. The Morgan fingerprint density at radius 2 is 1.71 bits per heavy atom. The van der Waals surface area contributed by atoms with E-state index in [2.05, 4.69) is 12.1 Å². The van der Waals surface area contributed by atoms with E-state index in [1.165, 1.54) is 11.1 Å². The van der Waals surface area contributed by atoms with Crippen LogP contribution in [0.15, 0.2) is 66.7 Å². The van der Waals surface area contributed by atoms with Crippen molar-refractivity contribution in [3.8, 4) is 5.75 Å². The summed E-state index contributed by atoms with van der Waals surface area (Å²) in [4.78, 5) is 14.7. The molecular weight excluding hydrogens is 393 g/mol. The monoisotopic (exact) mass is 411 g/mol. The maximum absolute atomic E-state index is 12.8. The van der Waals surface area contributed by atoms with Gasteiger partial charge in [-0.25, -0.2) is 0 Å². The normalized spacial score (nSPS) is 13.1. The third-order valence-electron chi connectivity index (χ3n) is 4.91. The van der Waals surface area contributed by atoms with E-state index in [0.717, 1.165) is 18.5 Å². The smallest absolute Gasteiger partial charge is 0.254 e. The molecule has 0 fully saturated rings. The van der Waals surface area contributed by atoms with Gasteiger partial charge in [-0.1, -0.05) is 59.6 Å². The number of ether oxygens (including phenoxy) is 1. The Balaban J connectivity index is 1.40. The first-order chi connectivity index (χ1) is 13.6. The Hall–Kier alpha value is -2.49. The molecule has 0 radical (unpaired) electrons. The SMILES string of the molecule is O=C(c1ccc(COc2cc(Cl)ccc2Cl)cc1)N1CCc2ccccc2C1. The molecule has 142 valence electrons. The van der Waals surface area contributed by atoms with Crippen LogP contribution >= 0.6 is 23.2 Å². The molecule has 0 saturated heterocycles. The van der Waals surface area contributed by atoms with E-state index in [4.69, 9.17) is 27.9 Å². The molecular formula is C23H19Cl2NO2. The van der Waals surface area contributed by atoms with E-state index in [-0.39, 0.29) is 5.91 Å². The van der Waals surface area contributed by atoms with Crippen molar-refractivity contribution in [2.75, 3.05) is 6.54 Å². The average molecular weight is 412 g/mol. The summed E-state index contributed by atoms with van der Waals surface area (Å²) in [7, 11) is 0. The predicted octanol–water partition coefficient (Wildman–Crippen LogP) is 5.77. The Labute approximate surface area is 174 Å². The van der Waals surface area contributed by atoms with Crippen LogP contribution in [0.4, 0.5) is 0 Å². The summed E-state index contributed by atoms with van der Waals surface area (Å²) >= 11 is 12.1. The molecule has 3 aromatic rings. The van der Waals surface area contributed by atoms with Gasteiger partial charge in [0, 0.05) is 29.7 Å². The number of benzene rings is 3. The molecule has 28 heavy (non-hydrogen) atoms. The van der Waals surface area contributed by atoms with E-state index >= 15 is 0 Å². The first-order valence-electron chi connectivity index (χ1n) is 9.13. The second kappa shape index (κ2) is 8.26. The largest absolute Gasteiger partial charge is 0.487 e.